The molecule has 96 valence electrons. The van der Waals surface area contributed by atoms with Gasteiger partial charge in [0.2, 0.25) is 0 Å². The van der Waals surface area contributed by atoms with Crippen LogP contribution in [0.3, 0.4) is 0 Å². The molecule has 1 aromatic rings. The summed E-state index contributed by atoms with van der Waals surface area (Å²) in [6.45, 7) is 7.63. The Morgan fingerprint density at radius 3 is 2.47 bits per heavy atom. The number of nitrogens with one attached hydrogen (secondary N) is 1. The first-order chi connectivity index (χ1) is 7.95. The molecular weight excluding hydrogens is 278 g/mol. The Balaban J connectivity index is 2.61. The molecule has 1 rings (SSSR count). The molecule has 0 bridgehead atoms. The Morgan fingerprint density at radius 2 is 1.94 bits per heavy atom. The van der Waals surface area contributed by atoms with Crippen molar-refractivity contribution in [1.29, 1.82) is 0 Å². The summed E-state index contributed by atoms with van der Waals surface area (Å²) in [5.41, 5.74) is 1.41. The molecule has 0 radical (unpaired) electrons. The van der Waals surface area contributed by atoms with Gasteiger partial charge in [0.25, 0.3) is 0 Å². The Morgan fingerprint density at radius 1 is 1.29 bits per heavy atom. The van der Waals surface area contributed by atoms with Crippen molar-refractivity contribution in [1.82, 2.24) is 5.32 Å². The number of rotatable bonds is 5. The average molecular weight is 300 g/mol. The number of hydrogen-bond donors (Lipinski definition) is 2. The van der Waals surface area contributed by atoms with Crippen molar-refractivity contribution in [2.24, 2.45) is 5.41 Å². The Hall–Kier alpha value is -0.380. The van der Waals surface area contributed by atoms with Crippen molar-refractivity contribution in [2.75, 3.05) is 6.61 Å². The molecule has 0 saturated carbocycles. The highest BCUT2D eigenvalue weighted by molar-refractivity contribution is 9.10. The Kier molecular flexibility index (Phi) is 5.63. The highest BCUT2D eigenvalue weighted by Gasteiger charge is 2.23. The molecule has 0 aliphatic rings. The van der Waals surface area contributed by atoms with Gasteiger partial charge in [0.15, 0.2) is 0 Å². The largest absolute Gasteiger partial charge is 0.396 e. The summed E-state index contributed by atoms with van der Waals surface area (Å²) in [6, 6.07) is 8.53. The van der Waals surface area contributed by atoms with Crippen molar-refractivity contribution in [3.05, 3.63) is 34.3 Å². The second-order valence-corrected chi connectivity index (χ2v) is 6.26. The van der Waals surface area contributed by atoms with E-state index in [0.29, 0.717) is 6.04 Å². The maximum absolute atomic E-state index is 9.10. The highest BCUT2D eigenvalue weighted by atomic mass is 79.9. The van der Waals surface area contributed by atoms with Gasteiger partial charge in [0.05, 0.1) is 0 Å². The molecule has 0 saturated heterocycles. The van der Waals surface area contributed by atoms with E-state index in [1.807, 2.05) is 12.1 Å². The van der Waals surface area contributed by atoms with Crippen LogP contribution in [0.1, 0.15) is 32.8 Å². The predicted octanol–water partition coefficient (Wildman–Crippen LogP) is 3.34. The van der Waals surface area contributed by atoms with Gasteiger partial charge in [-0.3, -0.25) is 0 Å². The highest BCUT2D eigenvalue weighted by Crippen LogP contribution is 2.23. The number of benzene rings is 1. The van der Waals surface area contributed by atoms with Gasteiger partial charge in [0.1, 0.15) is 0 Å². The van der Waals surface area contributed by atoms with E-state index >= 15 is 0 Å². The molecule has 1 aromatic carbocycles. The van der Waals surface area contributed by atoms with E-state index in [-0.39, 0.29) is 12.0 Å². The quantitative estimate of drug-likeness (QED) is 0.874. The Labute approximate surface area is 113 Å². The molecule has 0 heterocycles. The van der Waals surface area contributed by atoms with Crippen LogP contribution in [0.25, 0.3) is 0 Å². The molecule has 0 aliphatic carbocycles. The standard InChI is InChI=1S/C14H22BrNO/c1-14(2,3)13(8-9-17)16-10-11-6-4-5-7-12(11)15/h4-7,13,16-17H,8-10H2,1-3H3. The fraction of sp³-hybridized carbons (Fsp3) is 0.571. The zero-order valence-corrected chi connectivity index (χ0v) is 12.4. The number of aliphatic hydroxyl groups excluding tert-OH is 1. The van der Waals surface area contributed by atoms with Crippen molar-refractivity contribution in [3.63, 3.8) is 0 Å². The molecule has 0 spiro atoms. The maximum Gasteiger partial charge on any atom is 0.0446 e. The molecule has 0 fully saturated rings. The SMILES string of the molecule is CC(C)(C)C(CCO)NCc1ccccc1Br. The first-order valence-corrected chi connectivity index (χ1v) is 6.82. The summed E-state index contributed by atoms with van der Waals surface area (Å²) < 4.78 is 1.13. The Bertz CT molecular complexity index is 346. The lowest BCUT2D eigenvalue weighted by atomic mass is 9.85. The van der Waals surface area contributed by atoms with E-state index in [4.69, 9.17) is 5.11 Å². The molecule has 2 nitrogen and oxygen atoms in total. The van der Waals surface area contributed by atoms with Gasteiger partial charge >= 0.3 is 0 Å². The molecular formula is C14H22BrNO. The van der Waals surface area contributed by atoms with Crippen LogP contribution in [0.2, 0.25) is 0 Å². The minimum atomic E-state index is 0.157. The molecule has 1 atom stereocenters. The predicted molar refractivity (Wildman–Crippen MR) is 75.9 cm³/mol. The third kappa shape index (κ3) is 4.78. The lowest BCUT2D eigenvalue weighted by Gasteiger charge is -2.31. The van der Waals surface area contributed by atoms with Gasteiger partial charge in [0, 0.05) is 23.7 Å². The summed E-state index contributed by atoms with van der Waals surface area (Å²) >= 11 is 3.55. The summed E-state index contributed by atoms with van der Waals surface area (Å²) in [5, 5.41) is 12.6. The number of aliphatic hydroxyl groups is 1. The van der Waals surface area contributed by atoms with Crippen molar-refractivity contribution < 1.29 is 5.11 Å². The lowest BCUT2D eigenvalue weighted by molar-refractivity contribution is 0.196. The topological polar surface area (TPSA) is 32.3 Å². The van der Waals surface area contributed by atoms with E-state index in [1.165, 1.54) is 5.56 Å². The fourth-order valence-electron chi connectivity index (χ4n) is 1.85. The second kappa shape index (κ2) is 6.53. The molecule has 0 amide bonds. The van der Waals surface area contributed by atoms with Crippen molar-refractivity contribution >= 4 is 15.9 Å². The summed E-state index contributed by atoms with van der Waals surface area (Å²) in [6.07, 6.45) is 0.786. The van der Waals surface area contributed by atoms with Crippen LogP contribution >= 0.6 is 15.9 Å². The van der Waals surface area contributed by atoms with Crippen LogP contribution in [0.15, 0.2) is 28.7 Å². The van der Waals surface area contributed by atoms with Crippen LogP contribution in [-0.2, 0) is 6.54 Å². The fourth-order valence-corrected chi connectivity index (χ4v) is 2.27. The monoisotopic (exact) mass is 299 g/mol. The van der Waals surface area contributed by atoms with Crippen molar-refractivity contribution in [2.45, 2.75) is 39.8 Å². The van der Waals surface area contributed by atoms with Crippen LogP contribution in [0, 0.1) is 5.41 Å². The van der Waals surface area contributed by atoms with E-state index in [0.717, 1.165) is 17.4 Å². The van der Waals surface area contributed by atoms with Gasteiger partial charge in [-0.15, -0.1) is 0 Å². The summed E-state index contributed by atoms with van der Waals surface area (Å²) in [4.78, 5) is 0. The average Bonchev–Trinajstić information content (AvgIpc) is 2.24. The number of hydrogen-bond acceptors (Lipinski definition) is 2. The minimum absolute atomic E-state index is 0.157. The van der Waals surface area contributed by atoms with E-state index in [2.05, 4.69) is 54.2 Å². The van der Waals surface area contributed by atoms with Crippen LogP contribution < -0.4 is 5.32 Å². The van der Waals surface area contributed by atoms with Crippen LogP contribution in [0.4, 0.5) is 0 Å². The zero-order chi connectivity index (χ0) is 12.9. The molecule has 0 aromatic heterocycles. The smallest absolute Gasteiger partial charge is 0.0446 e. The van der Waals surface area contributed by atoms with Gasteiger partial charge < -0.3 is 10.4 Å². The third-order valence-electron chi connectivity index (χ3n) is 2.96. The zero-order valence-electron chi connectivity index (χ0n) is 10.8. The van der Waals surface area contributed by atoms with E-state index < -0.39 is 0 Å². The molecule has 3 heteroatoms. The van der Waals surface area contributed by atoms with Gasteiger partial charge in [-0.1, -0.05) is 54.9 Å². The maximum atomic E-state index is 9.10. The van der Waals surface area contributed by atoms with Crippen molar-refractivity contribution in [3.8, 4) is 0 Å². The lowest BCUT2D eigenvalue weighted by Crippen LogP contribution is -2.40. The normalized spacial score (nSPS) is 13.7. The molecule has 0 aliphatic heterocycles. The summed E-state index contributed by atoms with van der Waals surface area (Å²) in [5.74, 6) is 0. The second-order valence-electron chi connectivity index (χ2n) is 5.40. The number of halogens is 1. The van der Waals surface area contributed by atoms with E-state index in [9.17, 15) is 0 Å². The van der Waals surface area contributed by atoms with Gasteiger partial charge in [-0.2, -0.15) is 0 Å². The molecule has 17 heavy (non-hydrogen) atoms. The third-order valence-corrected chi connectivity index (χ3v) is 3.73. The molecule has 2 N–H and O–H groups in total. The van der Waals surface area contributed by atoms with Crippen LogP contribution in [-0.4, -0.2) is 17.8 Å². The van der Waals surface area contributed by atoms with Gasteiger partial charge in [-0.05, 0) is 23.5 Å². The van der Waals surface area contributed by atoms with E-state index in [1.54, 1.807) is 0 Å². The van der Waals surface area contributed by atoms with Crippen LogP contribution in [0.5, 0.6) is 0 Å². The first kappa shape index (κ1) is 14.7. The summed E-state index contributed by atoms with van der Waals surface area (Å²) in [7, 11) is 0. The molecule has 1 unspecified atom stereocenters. The first-order valence-electron chi connectivity index (χ1n) is 6.03. The van der Waals surface area contributed by atoms with Gasteiger partial charge in [-0.25, -0.2) is 0 Å². The minimum Gasteiger partial charge on any atom is -0.396 e.